The molecule has 0 radical (unpaired) electrons. The molecular formula is C19H20N2O2. The van der Waals surface area contributed by atoms with Gasteiger partial charge in [0.05, 0.1) is 11.3 Å². The molecule has 0 bridgehead atoms. The van der Waals surface area contributed by atoms with Gasteiger partial charge in [-0.05, 0) is 67.5 Å². The molecule has 2 N–H and O–H groups in total. The molecule has 0 spiro atoms. The highest BCUT2D eigenvalue weighted by Gasteiger charge is 2.12. The molecule has 2 aromatic rings. The van der Waals surface area contributed by atoms with Crippen molar-refractivity contribution >= 4 is 11.6 Å². The predicted octanol–water partition coefficient (Wildman–Crippen LogP) is 3.43. The lowest BCUT2D eigenvalue weighted by molar-refractivity contribution is 0.0952. The lowest BCUT2D eigenvalue weighted by Gasteiger charge is -2.16. The van der Waals surface area contributed by atoms with E-state index in [2.05, 4.69) is 28.7 Å². The van der Waals surface area contributed by atoms with Gasteiger partial charge >= 0.3 is 0 Å². The Morgan fingerprint density at radius 3 is 2.61 bits per heavy atom. The summed E-state index contributed by atoms with van der Waals surface area (Å²) in [7, 11) is 0. The number of phenolic OH excluding ortho intramolecular Hbond substituents is 1. The van der Waals surface area contributed by atoms with Crippen LogP contribution >= 0.6 is 0 Å². The highest BCUT2D eigenvalue weighted by atomic mass is 16.3. The molecule has 4 nitrogen and oxygen atoms in total. The van der Waals surface area contributed by atoms with Gasteiger partial charge in [0, 0.05) is 0 Å². The molecule has 3 rings (SSSR count). The number of nitrogens with zero attached hydrogens (tertiary/aromatic N) is 1. The Bertz CT molecular complexity index is 766. The highest BCUT2D eigenvalue weighted by molar-refractivity contribution is 6.01. The number of phenols is 1. The molecule has 0 saturated carbocycles. The lowest BCUT2D eigenvalue weighted by Crippen LogP contribution is -2.19. The van der Waals surface area contributed by atoms with Gasteiger partial charge in [-0.1, -0.05) is 24.3 Å². The van der Waals surface area contributed by atoms with E-state index in [1.807, 2.05) is 6.92 Å². The van der Waals surface area contributed by atoms with Gasteiger partial charge < -0.3 is 5.11 Å². The maximum absolute atomic E-state index is 12.1. The summed E-state index contributed by atoms with van der Waals surface area (Å²) in [5, 5.41) is 13.9. The molecule has 1 amide bonds. The lowest BCUT2D eigenvalue weighted by atomic mass is 9.90. The van der Waals surface area contributed by atoms with Gasteiger partial charge in [0.2, 0.25) is 0 Å². The largest absolute Gasteiger partial charge is 0.507 e. The van der Waals surface area contributed by atoms with Crippen LogP contribution in [0.4, 0.5) is 0 Å². The molecule has 0 saturated heterocycles. The summed E-state index contributed by atoms with van der Waals surface area (Å²) in [6.45, 7) is 1.87. The van der Waals surface area contributed by atoms with E-state index >= 15 is 0 Å². The summed E-state index contributed by atoms with van der Waals surface area (Å²) in [5.41, 5.74) is 7.30. The third kappa shape index (κ3) is 3.42. The van der Waals surface area contributed by atoms with E-state index < -0.39 is 5.91 Å². The van der Waals surface area contributed by atoms with Crippen LogP contribution in [0.5, 0.6) is 5.75 Å². The first kappa shape index (κ1) is 15.3. The number of benzene rings is 2. The Labute approximate surface area is 135 Å². The molecule has 0 unspecified atom stereocenters. The first-order valence-corrected chi connectivity index (χ1v) is 7.90. The minimum absolute atomic E-state index is 0.0494. The number of hydrogen-bond donors (Lipinski definition) is 2. The standard InChI is InChI=1S/C19H20N2O2/c1-13(15-11-10-14-6-2-3-7-16(14)12-15)20-21-19(23)17-8-4-5-9-18(17)22/h4-5,8-12,22H,2-3,6-7H2,1H3,(H,21,23)/b20-13-. The van der Waals surface area contributed by atoms with Crippen LogP contribution in [0.2, 0.25) is 0 Å². The maximum Gasteiger partial charge on any atom is 0.275 e. The van der Waals surface area contributed by atoms with E-state index in [9.17, 15) is 9.90 Å². The summed E-state index contributed by atoms with van der Waals surface area (Å²) in [5.74, 6) is -0.466. The zero-order valence-electron chi connectivity index (χ0n) is 13.2. The minimum atomic E-state index is -0.416. The summed E-state index contributed by atoms with van der Waals surface area (Å²) in [6.07, 6.45) is 4.75. The maximum atomic E-state index is 12.1. The normalized spacial score (nSPS) is 14.2. The van der Waals surface area contributed by atoms with Crippen LogP contribution in [0.1, 0.15) is 46.8 Å². The van der Waals surface area contributed by atoms with Crippen LogP contribution in [0.3, 0.4) is 0 Å². The van der Waals surface area contributed by atoms with Crippen molar-refractivity contribution in [3.8, 4) is 5.75 Å². The van der Waals surface area contributed by atoms with Crippen LogP contribution in [0.15, 0.2) is 47.6 Å². The van der Waals surface area contributed by atoms with E-state index in [1.165, 1.54) is 30.0 Å². The predicted molar refractivity (Wildman–Crippen MR) is 90.9 cm³/mol. The number of rotatable bonds is 3. The summed E-state index contributed by atoms with van der Waals surface area (Å²) < 4.78 is 0. The van der Waals surface area contributed by atoms with Crippen LogP contribution < -0.4 is 5.43 Å². The number of hydrazone groups is 1. The molecule has 0 aliphatic heterocycles. The van der Waals surface area contributed by atoms with E-state index in [0.717, 1.165) is 24.1 Å². The number of nitrogens with one attached hydrogen (secondary N) is 1. The number of para-hydroxylation sites is 1. The fraction of sp³-hybridized carbons (Fsp3) is 0.263. The van der Waals surface area contributed by atoms with Gasteiger partial charge in [-0.3, -0.25) is 4.79 Å². The molecule has 0 fully saturated rings. The quantitative estimate of drug-likeness (QED) is 0.674. The molecular weight excluding hydrogens is 288 g/mol. The van der Waals surface area contributed by atoms with E-state index in [0.29, 0.717) is 0 Å². The molecule has 2 aromatic carbocycles. The average molecular weight is 308 g/mol. The zero-order chi connectivity index (χ0) is 16.2. The molecule has 1 aliphatic rings. The number of carbonyl (C=O) groups excluding carboxylic acids is 1. The number of fused-ring (bicyclic) bond motifs is 1. The summed E-state index contributed by atoms with van der Waals surface area (Å²) in [4.78, 5) is 12.1. The zero-order valence-corrected chi connectivity index (χ0v) is 13.2. The average Bonchev–Trinajstić information content (AvgIpc) is 2.59. The molecule has 23 heavy (non-hydrogen) atoms. The minimum Gasteiger partial charge on any atom is -0.507 e. The van der Waals surface area contributed by atoms with Crippen LogP contribution in [0.25, 0.3) is 0 Å². The van der Waals surface area contributed by atoms with Crippen LogP contribution in [-0.4, -0.2) is 16.7 Å². The van der Waals surface area contributed by atoms with Gasteiger partial charge in [-0.15, -0.1) is 0 Å². The van der Waals surface area contributed by atoms with Crippen molar-refractivity contribution in [1.29, 1.82) is 0 Å². The van der Waals surface area contributed by atoms with E-state index in [4.69, 9.17) is 0 Å². The molecule has 0 atom stereocenters. The number of aryl methyl sites for hydroxylation is 2. The summed E-state index contributed by atoms with van der Waals surface area (Å²) in [6, 6.07) is 12.8. The number of carbonyl (C=O) groups is 1. The van der Waals surface area contributed by atoms with Crippen LogP contribution in [0, 0.1) is 0 Å². The Balaban J connectivity index is 1.75. The SMILES string of the molecule is C/C(=N/NC(=O)c1ccccc1O)c1ccc2c(c1)CCCC2. The number of aromatic hydroxyl groups is 1. The van der Waals surface area contributed by atoms with Crippen molar-refractivity contribution in [3.05, 3.63) is 64.7 Å². The Morgan fingerprint density at radius 2 is 1.83 bits per heavy atom. The van der Waals surface area contributed by atoms with Gasteiger partial charge in [0.15, 0.2) is 0 Å². The van der Waals surface area contributed by atoms with Gasteiger partial charge in [-0.25, -0.2) is 5.43 Å². The second-order valence-electron chi connectivity index (χ2n) is 5.85. The van der Waals surface area contributed by atoms with Crippen molar-refractivity contribution in [2.45, 2.75) is 32.6 Å². The van der Waals surface area contributed by atoms with E-state index in [-0.39, 0.29) is 11.3 Å². The third-order valence-corrected chi connectivity index (χ3v) is 4.24. The summed E-state index contributed by atoms with van der Waals surface area (Å²) >= 11 is 0. The molecule has 0 heterocycles. The Hall–Kier alpha value is -2.62. The van der Waals surface area contributed by atoms with Crippen molar-refractivity contribution in [1.82, 2.24) is 5.43 Å². The smallest absolute Gasteiger partial charge is 0.275 e. The van der Waals surface area contributed by atoms with Crippen molar-refractivity contribution in [2.75, 3.05) is 0 Å². The van der Waals surface area contributed by atoms with Crippen molar-refractivity contribution < 1.29 is 9.90 Å². The monoisotopic (exact) mass is 308 g/mol. The molecule has 118 valence electrons. The number of hydrogen-bond acceptors (Lipinski definition) is 3. The van der Waals surface area contributed by atoms with Gasteiger partial charge in [0.25, 0.3) is 5.91 Å². The van der Waals surface area contributed by atoms with Gasteiger partial charge in [-0.2, -0.15) is 5.10 Å². The third-order valence-electron chi connectivity index (χ3n) is 4.24. The first-order chi connectivity index (χ1) is 11.1. The number of amides is 1. The van der Waals surface area contributed by atoms with Crippen molar-refractivity contribution in [3.63, 3.8) is 0 Å². The second kappa shape index (κ2) is 6.65. The fourth-order valence-corrected chi connectivity index (χ4v) is 2.88. The molecule has 0 aromatic heterocycles. The second-order valence-corrected chi connectivity index (χ2v) is 5.85. The van der Waals surface area contributed by atoms with Crippen LogP contribution in [-0.2, 0) is 12.8 Å². The topological polar surface area (TPSA) is 61.7 Å². The fourth-order valence-electron chi connectivity index (χ4n) is 2.88. The van der Waals surface area contributed by atoms with E-state index in [1.54, 1.807) is 18.2 Å². The Morgan fingerprint density at radius 1 is 1.09 bits per heavy atom. The van der Waals surface area contributed by atoms with Gasteiger partial charge in [0.1, 0.15) is 5.75 Å². The van der Waals surface area contributed by atoms with Crippen molar-refractivity contribution in [2.24, 2.45) is 5.10 Å². The Kier molecular flexibility index (Phi) is 4.42. The first-order valence-electron chi connectivity index (χ1n) is 7.90. The molecule has 4 heteroatoms. The molecule has 1 aliphatic carbocycles. The highest BCUT2D eigenvalue weighted by Crippen LogP contribution is 2.22.